The van der Waals surface area contributed by atoms with Gasteiger partial charge in [-0.3, -0.25) is 4.79 Å². The van der Waals surface area contributed by atoms with Crippen LogP contribution in [0.3, 0.4) is 0 Å². The summed E-state index contributed by atoms with van der Waals surface area (Å²) in [5, 5.41) is 2.80. The molecule has 1 aromatic heterocycles. The van der Waals surface area contributed by atoms with Gasteiger partial charge < -0.3 is 11.1 Å². The summed E-state index contributed by atoms with van der Waals surface area (Å²) >= 11 is 4.64. The molecular weight excluding hydrogens is 302 g/mol. The molecule has 2 rings (SSSR count). The number of rotatable bonds is 2. The van der Waals surface area contributed by atoms with E-state index in [-0.39, 0.29) is 5.91 Å². The lowest BCUT2D eigenvalue weighted by Gasteiger charge is -2.05. The Hall–Kier alpha value is -1.40. The van der Waals surface area contributed by atoms with Gasteiger partial charge in [-0.05, 0) is 41.1 Å². The highest BCUT2D eigenvalue weighted by molar-refractivity contribution is 9.10. The number of nitrogens with zero attached hydrogens (tertiary/aromatic N) is 1. The number of nitrogens with one attached hydrogen (secondary N) is 1. The number of amides is 1. The van der Waals surface area contributed by atoms with Crippen LogP contribution in [-0.2, 0) is 0 Å². The third kappa shape index (κ3) is 2.65. The molecule has 0 aliphatic carbocycles. The molecule has 0 radical (unpaired) electrons. The Kier molecular flexibility index (Phi) is 3.44. The predicted molar refractivity (Wildman–Crippen MR) is 73.4 cm³/mol. The zero-order chi connectivity index (χ0) is 12.4. The molecule has 0 aliphatic rings. The number of halogens is 1. The van der Waals surface area contributed by atoms with Gasteiger partial charge in [0.2, 0.25) is 0 Å². The largest absolute Gasteiger partial charge is 0.398 e. The second-order valence-electron chi connectivity index (χ2n) is 3.46. The van der Waals surface area contributed by atoms with Crippen LogP contribution in [-0.4, -0.2) is 10.9 Å². The van der Waals surface area contributed by atoms with Crippen LogP contribution in [0.25, 0.3) is 0 Å². The zero-order valence-electron chi connectivity index (χ0n) is 9.03. The van der Waals surface area contributed by atoms with Gasteiger partial charge >= 0.3 is 0 Å². The minimum absolute atomic E-state index is 0.151. The number of anilines is 2. The number of nitrogens with two attached hydrogens (primary N) is 1. The van der Waals surface area contributed by atoms with E-state index in [0.717, 1.165) is 10.2 Å². The van der Waals surface area contributed by atoms with Gasteiger partial charge in [0.15, 0.2) is 0 Å². The number of nitrogen functional groups attached to an aromatic ring is 1. The topological polar surface area (TPSA) is 68.0 Å². The molecule has 0 bridgehead atoms. The number of carbonyl (C=O) groups is 1. The number of thiazole rings is 1. The van der Waals surface area contributed by atoms with Crippen molar-refractivity contribution in [1.29, 1.82) is 0 Å². The first kappa shape index (κ1) is 12.1. The molecule has 3 N–H and O–H groups in total. The molecule has 1 amide bonds. The Morgan fingerprint density at radius 2 is 2.29 bits per heavy atom. The van der Waals surface area contributed by atoms with E-state index in [1.54, 1.807) is 23.7 Å². The summed E-state index contributed by atoms with van der Waals surface area (Å²) in [5.41, 5.74) is 9.40. The van der Waals surface area contributed by atoms with Crippen molar-refractivity contribution in [1.82, 2.24) is 4.98 Å². The standard InChI is InChI=1S/C11H10BrN3OS/c1-6-10(17-5-14-6)11(16)15-7-2-3-9(13)8(12)4-7/h2-5H,13H2,1H3,(H,15,16). The number of benzene rings is 1. The first-order valence-electron chi connectivity index (χ1n) is 4.84. The summed E-state index contributed by atoms with van der Waals surface area (Å²) in [4.78, 5) is 16.6. The third-order valence-corrected chi connectivity index (χ3v) is 3.82. The third-order valence-electron chi connectivity index (χ3n) is 2.21. The maximum absolute atomic E-state index is 11.9. The average Bonchev–Trinajstić information content (AvgIpc) is 2.70. The molecule has 1 aromatic carbocycles. The van der Waals surface area contributed by atoms with Crippen molar-refractivity contribution in [3.05, 3.63) is 38.8 Å². The summed E-state index contributed by atoms with van der Waals surface area (Å²) in [7, 11) is 0. The Bertz CT molecular complexity index is 568. The van der Waals surface area contributed by atoms with Crippen LogP contribution < -0.4 is 11.1 Å². The van der Waals surface area contributed by atoms with Crippen LogP contribution in [0, 0.1) is 6.92 Å². The number of aryl methyl sites for hydroxylation is 1. The van der Waals surface area contributed by atoms with Crippen molar-refractivity contribution >= 4 is 44.5 Å². The molecule has 0 fully saturated rings. The fourth-order valence-corrected chi connectivity index (χ4v) is 2.39. The van der Waals surface area contributed by atoms with E-state index in [0.29, 0.717) is 16.3 Å². The van der Waals surface area contributed by atoms with E-state index in [4.69, 9.17) is 5.73 Å². The van der Waals surface area contributed by atoms with Gasteiger partial charge in [0.25, 0.3) is 5.91 Å². The highest BCUT2D eigenvalue weighted by atomic mass is 79.9. The smallest absolute Gasteiger partial charge is 0.267 e. The Labute approximate surface area is 111 Å². The van der Waals surface area contributed by atoms with Crippen LogP contribution in [0.15, 0.2) is 28.2 Å². The van der Waals surface area contributed by atoms with Crippen molar-refractivity contribution in [3.63, 3.8) is 0 Å². The molecule has 6 heteroatoms. The van der Waals surface area contributed by atoms with Gasteiger partial charge in [0, 0.05) is 15.8 Å². The molecule has 0 aliphatic heterocycles. The van der Waals surface area contributed by atoms with E-state index >= 15 is 0 Å². The molecule has 0 saturated carbocycles. The van der Waals surface area contributed by atoms with E-state index in [9.17, 15) is 4.79 Å². The SMILES string of the molecule is Cc1ncsc1C(=O)Nc1ccc(N)c(Br)c1. The first-order valence-corrected chi connectivity index (χ1v) is 6.51. The van der Waals surface area contributed by atoms with Gasteiger partial charge in [-0.2, -0.15) is 0 Å². The maximum atomic E-state index is 11.9. The van der Waals surface area contributed by atoms with Gasteiger partial charge in [-0.15, -0.1) is 11.3 Å². The lowest BCUT2D eigenvalue weighted by Crippen LogP contribution is -2.11. The summed E-state index contributed by atoms with van der Waals surface area (Å²) in [5.74, 6) is -0.151. The van der Waals surface area contributed by atoms with E-state index in [1.807, 2.05) is 6.92 Å². The number of hydrogen-bond acceptors (Lipinski definition) is 4. The molecule has 4 nitrogen and oxygen atoms in total. The summed E-state index contributed by atoms with van der Waals surface area (Å²) in [6, 6.07) is 5.26. The minimum Gasteiger partial charge on any atom is -0.398 e. The number of carbonyl (C=O) groups excluding carboxylic acids is 1. The molecule has 0 saturated heterocycles. The minimum atomic E-state index is -0.151. The normalized spacial score (nSPS) is 10.2. The Morgan fingerprint density at radius 3 is 2.88 bits per heavy atom. The molecular formula is C11H10BrN3OS. The van der Waals surface area contributed by atoms with E-state index < -0.39 is 0 Å². The first-order chi connectivity index (χ1) is 8.08. The lowest BCUT2D eigenvalue weighted by atomic mass is 10.3. The highest BCUT2D eigenvalue weighted by Crippen LogP contribution is 2.24. The maximum Gasteiger partial charge on any atom is 0.267 e. The monoisotopic (exact) mass is 311 g/mol. The van der Waals surface area contributed by atoms with Crippen molar-refractivity contribution in [3.8, 4) is 0 Å². The lowest BCUT2D eigenvalue weighted by molar-refractivity contribution is 0.103. The molecule has 0 spiro atoms. The second-order valence-corrected chi connectivity index (χ2v) is 5.17. The van der Waals surface area contributed by atoms with Crippen LogP contribution in [0.1, 0.15) is 15.4 Å². The summed E-state index contributed by atoms with van der Waals surface area (Å²) < 4.78 is 0.760. The Morgan fingerprint density at radius 1 is 1.53 bits per heavy atom. The molecule has 17 heavy (non-hydrogen) atoms. The van der Waals surface area contributed by atoms with E-state index in [1.165, 1.54) is 11.3 Å². The van der Waals surface area contributed by atoms with Gasteiger partial charge in [0.05, 0.1) is 11.2 Å². The molecule has 2 aromatic rings. The average molecular weight is 312 g/mol. The van der Waals surface area contributed by atoms with Crippen molar-refractivity contribution < 1.29 is 4.79 Å². The van der Waals surface area contributed by atoms with Gasteiger partial charge in [-0.25, -0.2) is 4.98 Å². The zero-order valence-corrected chi connectivity index (χ0v) is 11.4. The van der Waals surface area contributed by atoms with Crippen molar-refractivity contribution in [2.75, 3.05) is 11.1 Å². The van der Waals surface area contributed by atoms with Crippen molar-refractivity contribution in [2.24, 2.45) is 0 Å². The van der Waals surface area contributed by atoms with Crippen LogP contribution in [0.4, 0.5) is 11.4 Å². The summed E-state index contributed by atoms with van der Waals surface area (Å²) in [6.07, 6.45) is 0. The van der Waals surface area contributed by atoms with Crippen molar-refractivity contribution in [2.45, 2.75) is 6.92 Å². The van der Waals surface area contributed by atoms with Crippen LogP contribution >= 0.6 is 27.3 Å². The van der Waals surface area contributed by atoms with Crippen LogP contribution in [0.2, 0.25) is 0 Å². The summed E-state index contributed by atoms with van der Waals surface area (Å²) in [6.45, 7) is 1.81. The fourth-order valence-electron chi connectivity index (χ4n) is 1.31. The Balaban J connectivity index is 2.19. The molecule has 0 unspecified atom stereocenters. The highest BCUT2D eigenvalue weighted by Gasteiger charge is 2.12. The second kappa shape index (κ2) is 4.85. The quantitative estimate of drug-likeness (QED) is 0.838. The predicted octanol–water partition coefficient (Wildman–Crippen LogP) is 3.05. The number of aromatic nitrogens is 1. The molecule has 1 heterocycles. The van der Waals surface area contributed by atoms with E-state index in [2.05, 4.69) is 26.2 Å². The van der Waals surface area contributed by atoms with Gasteiger partial charge in [-0.1, -0.05) is 0 Å². The van der Waals surface area contributed by atoms with Crippen LogP contribution in [0.5, 0.6) is 0 Å². The fraction of sp³-hybridized carbons (Fsp3) is 0.0909. The molecule has 88 valence electrons. The number of hydrogen-bond donors (Lipinski definition) is 2. The van der Waals surface area contributed by atoms with Gasteiger partial charge in [0.1, 0.15) is 4.88 Å². The molecule has 0 atom stereocenters.